The van der Waals surface area contributed by atoms with Gasteiger partial charge in [-0.25, -0.2) is 4.39 Å². The lowest BCUT2D eigenvalue weighted by Crippen LogP contribution is -2.51. The molecule has 3 rings (SSSR count). The summed E-state index contributed by atoms with van der Waals surface area (Å²) >= 11 is 0. The monoisotopic (exact) mass is 434 g/mol. The van der Waals surface area contributed by atoms with Crippen molar-refractivity contribution in [1.29, 1.82) is 0 Å². The summed E-state index contributed by atoms with van der Waals surface area (Å²) in [5.41, 5.74) is 1.82. The van der Waals surface area contributed by atoms with Gasteiger partial charge >= 0.3 is 0 Å². The van der Waals surface area contributed by atoms with Gasteiger partial charge in [0.2, 0.25) is 5.91 Å². The van der Waals surface area contributed by atoms with Crippen LogP contribution >= 0.6 is 0 Å². The van der Waals surface area contributed by atoms with Crippen molar-refractivity contribution in [2.45, 2.75) is 25.9 Å². The van der Waals surface area contributed by atoms with Crippen molar-refractivity contribution in [2.75, 3.05) is 13.2 Å². The highest BCUT2D eigenvalue weighted by Gasteiger charge is 2.30. The molecule has 3 aromatic rings. The van der Waals surface area contributed by atoms with Gasteiger partial charge in [-0.1, -0.05) is 72.8 Å². The molecule has 166 valence electrons. The van der Waals surface area contributed by atoms with E-state index >= 15 is 0 Å². The molecule has 3 aromatic carbocycles. The minimum atomic E-state index is -0.741. The minimum absolute atomic E-state index is 0.00173. The highest BCUT2D eigenvalue weighted by molar-refractivity contribution is 5.88. The first-order valence-corrected chi connectivity index (χ1v) is 10.6. The number of ether oxygens (including phenoxy) is 1. The first kappa shape index (κ1) is 23.0. The number of hydrogen-bond donors (Lipinski definition) is 1. The van der Waals surface area contributed by atoms with Crippen molar-refractivity contribution in [3.63, 3.8) is 0 Å². The summed E-state index contributed by atoms with van der Waals surface area (Å²) in [5, 5.41) is 2.84. The van der Waals surface area contributed by atoms with Crippen LogP contribution < -0.4 is 10.1 Å². The number of carbonyl (C=O) groups is 2. The van der Waals surface area contributed by atoms with E-state index in [1.807, 2.05) is 67.6 Å². The van der Waals surface area contributed by atoms with Crippen LogP contribution in [0.1, 0.15) is 18.1 Å². The highest BCUT2D eigenvalue weighted by atomic mass is 19.1. The third-order valence-corrected chi connectivity index (χ3v) is 5.01. The SMILES string of the molecule is CCNC(=O)C(Cc1ccccc1)N(Cc1ccccc1)C(=O)COc1ccccc1F. The lowest BCUT2D eigenvalue weighted by atomic mass is 10.0. The molecule has 1 atom stereocenters. The molecular weight excluding hydrogens is 407 g/mol. The summed E-state index contributed by atoms with van der Waals surface area (Å²) in [6.45, 7) is 2.14. The Morgan fingerprint density at radius 2 is 1.50 bits per heavy atom. The number of halogens is 1. The smallest absolute Gasteiger partial charge is 0.261 e. The van der Waals surface area contributed by atoms with Gasteiger partial charge in [-0.2, -0.15) is 0 Å². The minimum Gasteiger partial charge on any atom is -0.481 e. The van der Waals surface area contributed by atoms with E-state index in [0.29, 0.717) is 13.0 Å². The van der Waals surface area contributed by atoms with Gasteiger partial charge in [0, 0.05) is 19.5 Å². The maximum Gasteiger partial charge on any atom is 0.261 e. The van der Waals surface area contributed by atoms with Gasteiger partial charge in [-0.3, -0.25) is 9.59 Å². The summed E-state index contributed by atoms with van der Waals surface area (Å²) in [4.78, 5) is 27.8. The van der Waals surface area contributed by atoms with Crippen molar-refractivity contribution in [3.8, 4) is 5.75 Å². The fraction of sp³-hybridized carbons (Fsp3) is 0.231. The standard InChI is InChI=1S/C26H27FN2O3/c1-2-28-26(31)23(17-20-11-5-3-6-12-20)29(18-21-13-7-4-8-14-21)25(30)19-32-24-16-10-9-15-22(24)27/h3-16,23H,2,17-19H2,1H3,(H,28,31). The van der Waals surface area contributed by atoms with Crippen LogP contribution in [-0.2, 0) is 22.6 Å². The number of nitrogens with one attached hydrogen (secondary N) is 1. The Bertz CT molecular complexity index is 1010. The molecule has 0 aliphatic carbocycles. The van der Waals surface area contributed by atoms with Gasteiger partial charge in [-0.15, -0.1) is 0 Å². The summed E-state index contributed by atoms with van der Waals surface area (Å²) < 4.78 is 19.4. The Labute approximate surface area is 187 Å². The lowest BCUT2D eigenvalue weighted by Gasteiger charge is -2.31. The van der Waals surface area contributed by atoms with Gasteiger partial charge in [0.15, 0.2) is 18.2 Å². The molecule has 6 heteroatoms. The van der Waals surface area contributed by atoms with Crippen LogP contribution in [0.4, 0.5) is 4.39 Å². The van der Waals surface area contributed by atoms with E-state index in [0.717, 1.165) is 11.1 Å². The number of amides is 2. The Kier molecular flexibility index (Phi) is 8.37. The van der Waals surface area contributed by atoms with Crippen molar-refractivity contribution >= 4 is 11.8 Å². The molecule has 0 radical (unpaired) electrons. The number of likely N-dealkylation sites (N-methyl/N-ethyl adjacent to an activating group) is 1. The van der Waals surface area contributed by atoms with Gasteiger partial charge < -0.3 is 15.0 Å². The number of nitrogens with zero attached hydrogens (tertiary/aromatic N) is 1. The van der Waals surface area contributed by atoms with Crippen LogP contribution in [-0.4, -0.2) is 35.9 Å². The molecule has 1 N–H and O–H groups in total. The number of benzene rings is 3. The molecule has 0 saturated carbocycles. The predicted octanol–water partition coefficient (Wildman–Crippen LogP) is 3.98. The fourth-order valence-corrected chi connectivity index (χ4v) is 3.41. The second-order valence-corrected chi connectivity index (χ2v) is 7.33. The molecular formula is C26H27FN2O3. The topological polar surface area (TPSA) is 58.6 Å². The average Bonchev–Trinajstić information content (AvgIpc) is 2.82. The maximum absolute atomic E-state index is 13.9. The average molecular weight is 435 g/mol. The highest BCUT2D eigenvalue weighted by Crippen LogP contribution is 2.18. The Morgan fingerprint density at radius 3 is 2.12 bits per heavy atom. The van der Waals surface area contributed by atoms with Crippen LogP contribution in [0.2, 0.25) is 0 Å². The molecule has 0 saturated heterocycles. The zero-order chi connectivity index (χ0) is 22.8. The van der Waals surface area contributed by atoms with Crippen LogP contribution in [0.25, 0.3) is 0 Å². The largest absolute Gasteiger partial charge is 0.481 e. The fourth-order valence-electron chi connectivity index (χ4n) is 3.41. The molecule has 0 spiro atoms. The molecule has 5 nitrogen and oxygen atoms in total. The third-order valence-electron chi connectivity index (χ3n) is 5.01. The number of hydrogen-bond acceptors (Lipinski definition) is 3. The molecule has 0 aliphatic rings. The molecule has 0 heterocycles. The molecule has 32 heavy (non-hydrogen) atoms. The van der Waals surface area contributed by atoms with Crippen molar-refractivity contribution < 1.29 is 18.7 Å². The Hall–Kier alpha value is -3.67. The van der Waals surface area contributed by atoms with Gasteiger partial charge in [0.1, 0.15) is 6.04 Å². The van der Waals surface area contributed by atoms with E-state index in [1.165, 1.54) is 17.0 Å². The quantitative estimate of drug-likeness (QED) is 0.525. The summed E-state index contributed by atoms with van der Waals surface area (Å²) in [7, 11) is 0. The van der Waals surface area contributed by atoms with Crippen molar-refractivity contribution in [3.05, 3.63) is 102 Å². The second-order valence-electron chi connectivity index (χ2n) is 7.33. The zero-order valence-corrected chi connectivity index (χ0v) is 18.0. The van der Waals surface area contributed by atoms with E-state index in [2.05, 4.69) is 5.32 Å². The number of carbonyl (C=O) groups excluding carboxylic acids is 2. The molecule has 0 fully saturated rings. The van der Waals surface area contributed by atoms with Crippen molar-refractivity contribution in [2.24, 2.45) is 0 Å². The predicted molar refractivity (Wildman–Crippen MR) is 122 cm³/mol. The lowest BCUT2D eigenvalue weighted by molar-refractivity contribution is -0.142. The second kappa shape index (κ2) is 11.6. The molecule has 1 unspecified atom stereocenters. The van der Waals surface area contributed by atoms with Gasteiger partial charge in [-0.05, 0) is 30.2 Å². The zero-order valence-electron chi connectivity index (χ0n) is 18.0. The van der Waals surface area contributed by atoms with Crippen molar-refractivity contribution in [1.82, 2.24) is 10.2 Å². The molecule has 0 bridgehead atoms. The van der Waals surface area contributed by atoms with Crippen LogP contribution in [0.3, 0.4) is 0 Å². The molecule has 0 aromatic heterocycles. The van der Waals surface area contributed by atoms with E-state index < -0.39 is 17.8 Å². The van der Waals surface area contributed by atoms with E-state index in [-0.39, 0.29) is 24.8 Å². The summed E-state index contributed by atoms with van der Waals surface area (Å²) in [6.07, 6.45) is 0.352. The van der Waals surface area contributed by atoms with E-state index in [9.17, 15) is 14.0 Å². The Balaban J connectivity index is 1.87. The number of para-hydroxylation sites is 1. The first-order valence-electron chi connectivity index (χ1n) is 10.6. The normalized spacial score (nSPS) is 11.4. The van der Waals surface area contributed by atoms with E-state index in [4.69, 9.17) is 4.74 Å². The molecule has 2 amide bonds. The van der Waals surface area contributed by atoms with Gasteiger partial charge in [0.25, 0.3) is 5.91 Å². The van der Waals surface area contributed by atoms with Crippen LogP contribution in [0.15, 0.2) is 84.9 Å². The Morgan fingerprint density at radius 1 is 0.906 bits per heavy atom. The van der Waals surface area contributed by atoms with Gasteiger partial charge in [0.05, 0.1) is 0 Å². The number of rotatable bonds is 10. The molecule has 0 aliphatic heterocycles. The summed E-state index contributed by atoms with van der Waals surface area (Å²) in [6, 6.07) is 24.2. The first-order chi connectivity index (χ1) is 15.6. The van der Waals surface area contributed by atoms with Crippen LogP contribution in [0.5, 0.6) is 5.75 Å². The third kappa shape index (κ3) is 6.41. The maximum atomic E-state index is 13.9. The summed E-state index contributed by atoms with van der Waals surface area (Å²) in [5.74, 6) is -1.19. The van der Waals surface area contributed by atoms with E-state index in [1.54, 1.807) is 12.1 Å². The van der Waals surface area contributed by atoms with Crippen LogP contribution in [0, 0.1) is 5.82 Å².